The molecule has 3 amide bonds. The highest BCUT2D eigenvalue weighted by atomic mass is 19.4. The minimum Gasteiger partial charge on any atom is -0.370 e. The van der Waals surface area contributed by atoms with Crippen molar-refractivity contribution in [2.24, 2.45) is 11.5 Å². The molecule has 6 N–H and O–H groups in total. The van der Waals surface area contributed by atoms with Crippen LogP contribution in [0.5, 0.6) is 0 Å². The summed E-state index contributed by atoms with van der Waals surface area (Å²) < 4.78 is 38.8. The minimum atomic E-state index is -4.54. The Morgan fingerprint density at radius 2 is 1.49 bits per heavy atom. The molecule has 0 saturated heterocycles. The summed E-state index contributed by atoms with van der Waals surface area (Å²) in [6, 6.07) is 13.6. The number of benzene rings is 2. The maximum atomic E-state index is 13.4. The summed E-state index contributed by atoms with van der Waals surface area (Å²) in [4.78, 5) is 36.3. The van der Waals surface area contributed by atoms with E-state index in [4.69, 9.17) is 11.5 Å². The molecule has 0 aromatic heterocycles. The fourth-order valence-corrected chi connectivity index (χ4v) is 4.57. The van der Waals surface area contributed by atoms with Crippen molar-refractivity contribution in [2.45, 2.75) is 49.7 Å². The van der Waals surface area contributed by atoms with Gasteiger partial charge in [-0.25, -0.2) is 0 Å². The van der Waals surface area contributed by atoms with Crippen LogP contribution in [-0.4, -0.2) is 43.0 Å². The van der Waals surface area contributed by atoms with Crippen LogP contribution in [0, 0.1) is 0 Å². The lowest BCUT2D eigenvalue weighted by atomic mass is 9.73. The Kier molecular flexibility index (Phi) is 8.16. The molecule has 0 fully saturated rings. The monoisotopic (exact) mass is 490 g/mol. The summed E-state index contributed by atoms with van der Waals surface area (Å²) in [5.74, 6) is -1.66. The van der Waals surface area contributed by atoms with E-state index < -0.39 is 41.9 Å². The molecule has 35 heavy (non-hydrogen) atoms. The molecule has 188 valence electrons. The van der Waals surface area contributed by atoms with Gasteiger partial charge in [-0.05, 0) is 47.9 Å². The maximum absolute atomic E-state index is 13.4. The lowest BCUT2D eigenvalue weighted by molar-refractivity contribution is -0.141. The standard InChI is InChI=1S/C25H29F3N4O3/c26-25(27,28)15-32-23(35)24(13-5-6-14-31-22(34)20(29)11-12-21(30)33)18-9-3-1-7-16(18)17-8-2-4-10-19(17)24/h1-4,7-10,20H,5-6,11-15,29H2,(H2,30,33)(H,31,34)(H,32,35). The summed E-state index contributed by atoms with van der Waals surface area (Å²) >= 11 is 0. The number of amides is 3. The van der Waals surface area contributed by atoms with Crippen LogP contribution in [0.2, 0.25) is 0 Å². The van der Waals surface area contributed by atoms with E-state index in [0.717, 1.165) is 11.1 Å². The topological polar surface area (TPSA) is 127 Å². The van der Waals surface area contributed by atoms with Crippen LogP contribution in [0.15, 0.2) is 48.5 Å². The SMILES string of the molecule is NC(=O)CCC(N)C(=O)NCCCCC1(C(=O)NCC(F)(F)F)c2ccccc2-c2ccccc21. The number of carbonyl (C=O) groups is 3. The van der Waals surface area contributed by atoms with Gasteiger partial charge < -0.3 is 22.1 Å². The first-order valence-corrected chi connectivity index (χ1v) is 11.4. The number of carbonyl (C=O) groups excluding carboxylic acids is 3. The number of hydrogen-bond acceptors (Lipinski definition) is 4. The average molecular weight is 491 g/mol. The third-order valence-corrected chi connectivity index (χ3v) is 6.22. The molecule has 0 bridgehead atoms. The number of nitrogens with one attached hydrogen (secondary N) is 2. The minimum absolute atomic E-state index is 0.00294. The van der Waals surface area contributed by atoms with E-state index in [9.17, 15) is 27.6 Å². The van der Waals surface area contributed by atoms with Gasteiger partial charge in [0.15, 0.2) is 0 Å². The quantitative estimate of drug-likeness (QED) is 0.361. The van der Waals surface area contributed by atoms with E-state index >= 15 is 0 Å². The van der Waals surface area contributed by atoms with Gasteiger partial charge in [0.2, 0.25) is 17.7 Å². The van der Waals surface area contributed by atoms with Gasteiger partial charge >= 0.3 is 6.18 Å². The molecule has 1 atom stereocenters. The Labute approximate surface area is 201 Å². The summed E-state index contributed by atoms with van der Waals surface area (Å²) in [6.45, 7) is -1.15. The van der Waals surface area contributed by atoms with E-state index in [1.54, 1.807) is 24.3 Å². The molecule has 1 aliphatic carbocycles. The Bertz CT molecular complexity index is 1040. The van der Waals surface area contributed by atoms with E-state index in [1.165, 1.54) is 0 Å². The second-order valence-corrected chi connectivity index (χ2v) is 8.65. The largest absolute Gasteiger partial charge is 0.405 e. The third kappa shape index (κ3) is 6.00. The number of hydrogen-bond donors (Lipinski definition) is 4. The molecular weight excluding hydrogens is 461 g/mol. The normalized spacial score (nSPS) is 14.5. The fraction of sp³-hybridized carbons (Fsp3) is 0.400. The molecule has 1 unspecified atom stereocenters. The number of unbranched alkanes of at least 4 members (excludes halogenated alkanes) is 1. The Balaban J connectivity index is 1.75. The lowest BCUT2D eigenvalue weighted by Gasteiger charge is -2.31. The number of primary amides is 1. The molecule has 0 spiro atoms. The van der Waals surface area contributed by atoms with Crippen LogP contribution >= 0.6 is 0 Å². The number of fused-ring (bicyclic) bond motifs is 3. The summed E-state index contributed by atoms with van der Waals surface area (Å²) in [5.41, 5.74) is 12.5. The van der Waals surface area contributed by atoms with Crippen molar-refractivity contribution in [3.63, 3.8) is 0 Å². The summed E-state index contributed by atoms with van der Waals surface area (Å²) in [7, 11) is 0. The van der Waals surface area contributed by atoms with Gasteiger partial charge in [-0.2, -0.15) is 13.2 Å². The van der Waals surface area contributed by atoms with Gasteiger partial charge in [-0.1, -0.05) is 48.5 Å². The highest BCUT2D eigenvalue weighted by Gasteiger charge is 2.49. The molecule has 3 rings (SSSR count). The van der Waals surface area contributed by atoms with Crippen LogP contribution in [-0.2, 0) is 19.8 Å². The Hall–Kier alpha value is -3.40. The second kappa shape index (κ2) is 10.9. The zero-order valence-corrected chi connectivity index (χ0v) is 19.2. The van der Waals surface area contributed by atoms with Crippen molar-refractivity contribution in [1.29, 1.82) is 0 Å². The van der Waals surface area contributed by atoms with Crippen molar-refractivity contribution >= 4 is 17.7 Å². The smallest absolute Gasteiger partial charge is 0.370 e. The van der Waals surface area contributed by atoms with Crippen molar-refractivity contribution in [3.05, 3.63) is 59.7 Å². The molecule has 0 aliphatic heterocycles. The van der Waals surface area contributed by atoms with Gasteiger partial charge in [-0.15, -0.1) is 0 Å². The van der Waals surface area contributed by atoms with E-state index in [-0.39, 0.29) is 25.8 Å². The third-order valence-electron chi connectivity index (χ3n) is 6.22. The van der Waals surface area contributed by atoms with Crippen LogP contribution in [0.1, 0.15) is 43.2 Å². The number of rotatable bonds is 11. The summed E-state index contributed by atoms with van der Waals surface area (Å²) in [6.07, 6.45) is -3.20. The maximum Gasteiger partial charge on any atom is 0.405 e. The van der Waals surface area contributed by atoms with Crippen LogP contribution < -0.4 is 22.1 Å². The second-order valence-electron chi connectivity index (χ2n) is 8.65. The molecule has 0 heterocycles. The lowest BCUT2D eigenvalue weighted by Crippen LogP contribution is -2.47. The van der Waals surface area contributed by atoms with Crippen molar-refractivity contribution in [2.75, 3.05) is 13.1 Å². The zero-order valence-electron chi connectivity index (χ0n) is 19.2. The van der Waals surface area contributed by atoms with Crippen molar-refractivity contribution in [1.82, 2.24) is 10.6 Å². The Morgan fingerprint density at radius 3 is 2.03 bits per heavy atom. The molecule has 2 aromatic carbocycles. The van der Waals surface area contributed by atoms with Gasteiger partial charge in [0.1, 0.15) is 12.0 Å². The molecule has 0 radical (unpaired) electrons. The van der Waals surface area contributed by atoms with Gasteiger partial charge in [-0.3, -0.25) is 14.4 Å². The number of halogens is 3. The average Bonchev–Trinajstić information content (AvgIpc) is 3.11. The molecule has 0 saturated carbocycles. The molecule has 7 nitrogen and oxygen atoms in total. The number of nitrogens with two attached hydrogens (primary N) is 2. The first-order valence-electron chi connectivity index (χ1n) is 11.4. The van der Waals surface area contributed by atoms with Gasteiger partial charge in [0.05, 0.1) is 6.04 Å². The van der Waals surface area contributed by atoms with Gasteiger partial charge in [0.25, 0.3) is 0 Å². The highest BCUT2D eigenvalue weighted by Crippen LogP contribution is 2.51. The fourth-order valence-electron chi connectivity index (χ4n) is 4.57. The molecular formula is C25H29F3N4O3. The van der Waals surface area contributed by atoms with Crippen molar-refractivity contribution < 1.29 is 27.6 Å². The molecule has 10 heteroatoms. The predicted octanol–water partition coefficient (Wildman–Crippen LogP) is 2.51. The summed E-state index contributed by atoms with van der Waals surface area (Å²) in [5, 5.41) is 4.79. The number of alkyl halides is 3. The van der Waals surface area contributed by atoms with Gasteiger partial charge in [0, 0.05) is 13.0 Å². The van der Waals surface area contributed by atoms with Crippen molar-refractivity contribution in [3.8, 4) is 11.1 Å². The van der Waals surface area contributed by atoms with Crippen LogP contribution in [0.4, 0.5) is 13.2 Å². The predicted molar refractivity (Wildman–Crippen MR) is 125 cm³/mol. The highest BCUT2D eigenvalue weighted by molar-refractivity contribution is 6.00. The molecule has 1 aliphatic rings. The van der Waals surface area contributed by atoms with E-state index in [0.29, 0.717) is 24.0 Å². The first kappa shape index (κ1) is 26.2. The zero-order chi connectivity index (χ0) is 25.6. The molecule has 2 aromatic rings. The van der Waals surface area contributed by atoms with Crippen LogP contribution in [0.3, 0.4) is 0 Å². The first-order chi connectivity index (χ1) is 16.6. The van der Waals surface area contributed by atoms with E-state index in [1.807, 2.05) is 24.3 Å². The van der Waals surface area contributed by atoms with Crippen LogP contribution in [0.25, 0.3) is 11.1 Å². The van der Waals surface area contributed by atoms with E-state index in [2.05, 4.69) is 10.6 Å². The Morgan fingerprint density at radius 1 is 0.914 bits per heavy atom.